The van der Waals surface area contributed by atoms with Gasteiger partial charge in [0, 0.05) is 19.1 Å². The van der Waals surface area contributed by atoms with Crippen LogP contribution >= 0.6 is 0 Å². The Labute approximate surface area is 166 Å². The van der Waals surface area contributed by atoms with Gasteiger partial charge >= 0.3 is 12.1 Å². The van der Waals surface area contributed by atoms with Crippen molar-refractivity contribution >= 4 is 17.7 Å². The van der Waals surface area contributed by atoms with E-state index in [4.69, 9.17) is 9.47 Å². The number of piperidine rings is 1. The van der Waals surface area contributed by atoms with Gasteiger partial charge in [-0.3, -0.25) is 9.69 Å². The van der Waals surface area contributed by atoms with Gasteiger partial charge in [0.15, 0.2) is 0 Å². The highest BCUT2D eigenvalue weighted by molar-refractivity contribution is 5.78. The Bertz CT molecular complexity index is 728. The number of esters is 1. The molecule has 0 aliphatic carbocycles. The monoisotopic (exact) mass is 387 g/mol. The number of ether oxygens (including phenoxy) is 2. The molecule has 1 aromatic carbocycles. The summed E-state index contributed by atoms with van der Waals surface area (Å²) in [6.45, 7) is 8.66. The number of anilines is 1. The summed E-state index contributed by atoms with van der Waals surface area (Å²) in [5.74, 6) is -0.439. The van der Waals surface area contributed by atoms with Gasteiger partial charge in [-0.2, -0.15) is 5.26 Å². The maximum Gasteiger partial charge on any atom is 0.411 e. The molecule has 7 nitrogen and oxygen atoms in total. The molecule has 0 radical (unpaired) electrons. The van der Waals surface area contributed by atoms with Crippen LogP contribution in [0.3, 0.4) is 0 Å². The zero-order valence-corrected chi connectivity index (χ0v) is 17.1. The van der Waals surface area contributed by atoms with Crippen LogP contribution in [0, 0.1) is 11.3 Å². The molecule has 28 heavy (non-hydrogen) atoms. The van der Waals surface area contributed by atoms with E-state index in [-0.39, 0.29) is 19.2 Å². The molecule has 0 spiro atoms. The van der Waals surface area contributed by atoms with Gasteiger partial charge in [-0.1, -0.05) is 12.1 Å². The second-order valence-corrected chi connectivity index (χ2v) is 7.76. The molecular weight excluding hydrogens is 358 g/mol. The maximum atomic E-state index is 12.7. The zero-order valence-electron chi connectivity index (χ0n) is 17.1. The SMILES string of the molecule is CCOC(=O)CN(C(=O)OC(C)(C)C)C1CCN(c2ccccc2C#N)CC1. The van der Waals surface area contributed by atoms with Crippen LogP contribution in [-0.4, -0.2) is 54.8 Å². The highest BCUT2D eigenvalue weighted by Gasteiger charge is 2.33. The van der Waals surface area contributed by atoms with Crippen molar-refractivity contribution in [2.24, 2.45) is 0 Å². The Morgan fingerprint density at radius 2 is 1.89 bits per heavy atom. The number of nitriles is 1. The third kappa shape index (κ3) is 5.88. The second kappa shape index (κ2) is 9.45. The van der Waals surface area contributed by atoms with Crippen LogP contribution in [0.5, 0.6) is 0 Å². The van der Waals surface area contributed by atoms with Crippen molar-refractivity contribution in [2.45, 2.75) is 52.2 Å². The number of benzene rings is 1. The molecule has 1 amide bonds. The number of hydrogen-bond acceptors (Lipinski definition) is 6. The summed E-state index contributed by atoms with van der Waals surface area (Å²) in [5, 5.41) is 9.32. The van der Waals surface area contributed by atoms with Gasteiger partial charge in [0.1, 0.15) is 18.2 Å². The number of para-hydroxylation sites is 1. The van der Waals surface area contributed by atoms with Crippen molar-refractivity contribution in [2.75, 3.05) is 31.1 Å². The lowest BCUT2D eigenvalue weighted by molar-refractivity contribution is -0.145. The molecular formula is C21H29N3O4. The normalized spacial score (nSPS) is 14.9. The third-order valence-electron chi connectivity index (χ3n) is 4.50. The minimum Gasteiger partial charge on any atom is -0.465 e. The van der Waals surface area contributed by atoms with Crippen molar-refractivity contribution in [1.82, 2.24) is 4.90 Å². The van der Waals surface area contributed by atoms with E-state index in [1.54, 1.807) is 33.8 Å². The first-order valence-electron chi connectivity index (χ1n) is 9.64. The number of carbonyl (C=O) groups excluding carboxylic acids is 2. The van der Waals surface area contributed by atoms with E-state index in [1.165, 1.54) is 4.90 Å². The second-order valence-electron chi connectivity index (χ2n) is 7.76. The highest BCUT2D eigenvalue weighted by atomic mass is 16.6. The smallest absolute Gasteiger partial charge is 0.411 e. The molecule has 0 bridgehead atoms. The first-order valence-corrected chi connectivity index (χ1v) is 9.64. The quantitative estimate of drug-likeness (QED) is 0.721. The summed E-state index contributed by atoms with van der Waals surface area (Å²) in [5.41, 5.74) is 0.894. The van der Waals surface area contributed by atoms with Crippen molar-refractivity contribution in [3.05, 3.63) is 29.8 Å². The average Bonchev–Trinajstić information content (AvgIpc) is 2.65. The Morgan fingerprint density at radius 1 is 1.25 bits per heavy atom. The van der Waals surface area contributed by atoms with Gasteiger partial charge in [-0.25, -0.2) is 4.79 Å². The molecule has 0 saturated carbocycles. The largest absolute Gasteiger partial charge is 0.465 e. The predicted molar refractivity (Wildman–Crippen MR) is 106 cm³/mol. The minimum absolute atomic E-state index is 0.121. The van der Waals surface area contributed by atoms with Crippen molar-refractivity contribution < 1.29 is 19.1 Å². The van der Waals surface area contributed by atoms with E-state index >= 15 is 0 Å². The topological polar surface area (TPSA) is 82.9 Å². The van der Waals surface area contributed by atoms with Gasteiger partial charge in [-0.05, 0) is 52.7 Å². The van der Waals surface area contributed by atoms with E-state index in [1.807, 2.05) is 18.2 Å². The van der Waals surface area contributed by atoms with Gasteiger partial charge in [0.05, 0.1) is 17.9 Å². The van der Waals surface area contributed by atoms with Gasteiger partial charge in [-0.15, -0.1) is 0 Å². The van der Waals surface area contributed by atoms with E-state index in [9.17, 15) is 14.9 Å². The van der Waals surface area contributed by atoms with Crippen LogP contribution < -0.4 is 4.90 Å². The van der Waals surface area contributed by atoms with E-state index in [0.29, 0.717) is 31.5 Å². The summed E-state index contributed by atoms with van der Waals surface area (Å²) in [6.07, 6.45) is 0.855. The van der Waals surface area contributed by atoms with Crippen molar-refractivity contribution in [3.63, 3.8) is 0 Å². The molecule has 0 atom stereocenters. The minimum atomic E-state index is -0.642. The third-order valence-corrected chi connectivity index (χ3v) is 4.50. The van der Waals surface area contributed by atoms with Crippen molar-refractivity contribution in [1.29, 1.82) is 5.26 Å². The maximum absolute atomic E-state index is 12.7. The molecule has 1 saturated heterocycles. The van der Waals surface area contributed by atoms with Gasteiger partial charge in [0.2, 0.25) is 0 Å². The molecule has 0 unspecified atom stereocenters. The molecule has 1 heterocycles. The molecule has 7 heteroatoms. The number of nitrogens with zero attached hydrogens (tertiary/aromatic N) is 3. The Hall–Kier alpha value is -2.75. The summed E-state index contributed by atoms with van der Waals surface area (Å²) in [6, 6.07) is 9.60. The number of rotatable bonds is 5. The fourth-order valence-electron chi connectivity index (χ4n) is 3.27. The summed E-state index contributed by atoms with van der Waals surface area (Å²) in [4.78, 5) is 28.3. The first-order chi connectivity index (χ1) is 13.2. The van der Waals surface area contributed by atoms with Crippen LogP contribution in [0.15, 0.2) is 24.3 Å². The summed E-state index contributed by atoms with van der Waals surface area (Å²) in [7, 11) is 0. The van der Waals surface area contributed by atoms with E-state index in [0.717, 1.165) is 5.69 Å². The van der Waals surface area contributed by atoms with Crippen LogP contribution in [-0.2, 0) is 14.3 Å². The van der Waals surface area contributed by atoms with Crippen LogP contribution in [0.25, 0.3) is 0 Å². The summed E-state index contributed by atoms with van der Waals surface area (Å²) >= 11 is 0. The molecule has 1 aliphatic heterocycles. The lowest BCUT2D eigenvalue weighted by Gasteiger charge is -2.39. The lowest BCUT2D eigenvalue weighted by atomic mass is 10.0. The first kappa shape index (κ1) is 21.5. The Morgan fingerprint density at radius 3 is 2.46 bits per heavy atom. The molecule has 1 aromatic rings. The lowest BCUT2D eigenvalue weighted by Crippen LogP contribution is -2.51. The summed E-state index contributed by atoms with van der Waals surface area (Å²) < 4.78 is 10.5. The van der Waals surface area contributed by atoms with Gasteiger partial charge in [0.25, 0.3) is 0 Å². The molecule has 2 rings (SSSR count). The van der Waals surface area contributed by atoms with E-state index in [2.05, 4.69) is 11.0 Å². The van der Waals surface area contributed by atoms with Crippen LogP contribution in [0.4, 0.5) is 10.5 Å². The van der Waals surface area contributed by atoms with Gasteiger partial charge < -0.3 is 14.4 Å². The molecule has 0 N–H and O–H groups in total. The number of amides is 1. The van der Waals surface area contributed by atoms with Crippen molar-refractivity contribution in [3.8, 4) is 6.07 Å². The molecule has 0 aromatic heterocycles. The zero-order chi connectivity index (χ0) is 20.7. The van der Waals surface area contributed by atoms with Crippen LogP contribution in [0.2, 0.25) is 0 Å². The number of hydrogen-bond donors (Lipinski definition) is 0. The fourth-order valence-corrected chi connectivity index (χ4v) is 3.27. The van der Waals surface area contributed by atoms with E-state index < -0.39 is 17.7 Å². The highest BCUT2D eigenvalue weighted by Crippen LogP contribution is 2.26. The van der Waals surface area contributed by atoms with Crippen LogP contribution in [0.1, 0.15) is 46.1 Å². The Kier molecular flexibility index (Phi) is 7.27. The molecule has 1 aliphatic rings. The standard InChI is InChI=1S/C21H29N3O4/c1-5-27-19(25)15-24(20(26)28-21(2,3)4)17-10-12-23(13-11-17)18-9-7-6-8-16(18)14-22/h6-9,17H,5,10-13,15H2,1-4H3. The Balaban J connectivity index is 2.09. The molecule has 152 valence electrons. The molecule has 1 fully saturated rings. The predicted octanol–water partition coefficient (Wildman–Crippen LogP) is 3.33. The number of carbonyl (C=O) groups is 2. The fraction of sp³-hybridized carbons (Fsp3) is 0.571. The average molecular weight is 387 g/mol.